The van der Waals surface area contributed by atoms with Crippen LogP contribution in [0.4, 0.5) is 0 Å². The first kappa shape index (κ1) is 24.8. The van der Waals surface area contributed by atoms with Gasteiger partial charge in [-0.15, -0.1) is 0 Å². The van der Waals surface area contributed by atoms with Crippen molar-refractivity contribution in [2.45, 2.75) is 102 Å². The average molecular weight is 411 g/mol. The molecular formula is C24H42OS2. The fourth-order valence-electron chi connectivity index (χ4n) is 3.19. The number of phenolic OH excluding ortho intramolecular Hbond substituents is 1. The number of unbranched alkanes of at least 4 members (excludes halogenated alkanes) is 10. The Morgan fingerprint density at radius 1 is 0.667 bits per heavy atom. The smallest absolute Gasteiger partial charge is 0.119 e. The first-order valence-corrected chi connectivity index (χ1v) is 13.5. The second-order valence-corrected chi connectivity index (χ2v) is 9.81. The SMILES string of the molecule is CCCCCCCCSCc1ccc(O)c(CSCCCCCCCC)c1. The van der Waals surface area contributed by atoms with Gasteiger partial charge in [0.05, 0.1) is 0 Å². The lowest BCUT2D eigenvalue weighted by Gasteiger charge is -2.08. The summed E-state index contributed by atoms with van der Waals surface area (Å²) in [6, 6.07) is 6.20. The Kier molecular flexibility index (Phi) is 16.3. The lowest BCUT2D eigenvalue weighted by Crippen LogP contribution is -1.90. The van der Waals surface area contributed by atoms with Crippen molar-refractivity contribution >= 4 is 23.5 Å². The van der Waals surface area contributed by atoms with Crippen LogP contribution >= 0.6 is 23.5 Å². The molecule has 0 unspecified atom stereocenters. The van der Waals surface area contributed by atoms with Crippen LogP contribution in [0, 0.1) is 0 Å². The van der Waals surface area contributed by atoms with E-state index in [0.717, 1.165) is 17.1 Å². The van der Waals surface area contributed by atoms with Gasteiger partial charge in [-0.1, -0.05) is 90.2 Å². The molecule has 0 radical (unpaired) electrons. The Morgan fingerprint density at radius 3 is 1.78 bits per heavy atom. The maximum atomic E-state index is 10.1. The molecular weight excluding hydrogens is 368 g/mol. The molecule has 27 heavy (non-hydrogen) atoms. The second kappa shape index (κ2) is 17.8. The lowest BCUT2D eigenvalue weighted by molar-refractivity contribution is 0.470. The monoisotopic (exact) mass is 410 g/mol. The molecule has 0 fully saturated rings. The molecule has 0 saturated heterocycles. The summed E-state index contributed by atoms with van der Waals surface area (Å²) in [5, 5.41) is 10.1. The number of benzene rings is 1. The molecule has 0 aliphatic carbocycles. The van der Waals surface area contributed by atoms with Gasteiger partial charge in [0.15, 0.2) is 0 Å². The number of phenols is 1. The van der Waals surface area contributed by atoms with Crippen LogP contribution < -0.4 is 0 Å². The molecule has 1 N–H and O–H groups in total. The third-order valence-electron chi connectivity index (χ3n) is 4.95. The standard InChI is InChI=1S/C24H42OS2/c1-3-5-7-9-11-13-17-26-20-22-15-16-24(25)23(19-22)21-27-18-14-12-10-8-6-4-2/h15-16,19,25H,3-14,17-18,20-21H2,1-2H3. The van der Waals surface area contributed by atoms with Crippen LogP contribution in [-0.2, 0) is 11.5 Å². The van der Waals surface area contributed by atoms with Gasteiger partial charge in [0, 0.05) is 17.1 Å². The predicted octanol–water partition coefficient (Wildman–Crippen LogP) is 8.58. The molecule has 0 amide bonds. The summed E-state index contributed by atoms with van der Waals surface area (Å²) < 4.78 is 0. The molecule has 0 heterocycles. The fourth-order valence-corrected chi connectivity index (χ4v) is 5.16. The summed E-state index contributed by atoms with van der Waals surface area (Å²) in [5.41, 5.74) is 2.47. The minimum Gasteiger partial charge on any atom is -0.508 e. The number of rotatable bonds is 18. The Bertz CT molecular complexity index is 462. The molecule has 0 bridgehead atoms. The van der Waals surface area contributed by atoms with Gasteiger partial charge in [0.1, 0.15) is 5.75 Å². The van der Waals surface area contributed by atoms with Crippen molar-refractivity contribution in [1.82, 2.24) is 0 Å². The van der Waals surface area contributed by atoms with E-state index in [4.69, 9.17) is 0 Å². The Hall–Kier alpha value is -0.280. The first-order valence-electron chi connectivity index (χ1n) is 11.2. The summed E-state index contributed by atoms with van der Waals surface area (Å²) in [6.07, 6.45) is 16.4. The van der Waals surface area contributed by atoms with E-state index in [1.165, 1.54) is 94.1 Å². The van der Waals surface area contributed by atoms with E-state index in [9.17, 15) is 5.11 Å². The average Bonchev–Trinajstić information content (AvgIpc) is 2.68. The van der Waals surface area contributed by atoms with Gasteiger partial charge in [-0.05, 0) is 36.0 Å². The molecule has 0 aromatic heterocycles. The minimum absolute atomic E-state index is 0.468. The molecule has 156 valence electrons. The van der Waals surface area contributed by atoms with E-state index >= 15 is 0 Å². The zero-order chi connectivity index (χ0) is 19.6. The van der Waals surface area contributed by atoms with Gasteiger partial charge in [-0.25, -0.2) is 0 Å². The van der Waals surface area contributed by atoms with E-state index in [1.807, 2.05) is 29.6 Å². The summed E-state index contributed by atoms with van der Waals surface area (Å²) in [4.78, 5) is 0. The maximum absolute atomic E-state index is 10.1. The van der Waals surface area contributed by atoms with Crippen molar-refractivity contribution in [2.75, 3.05) is 11.5 Å². The van der Waals surface area contributed by atoms with Crippen LogP contribution in [0.3, 0.4) is 0 Å². The summed E-state index contributed by atoms with van der Waals surface area (Å²) in [6.45, 7) is 4.54. The zero-order valence-corrected chi connectivity index (χ0v) is 19.4. The van der Waals surface area contributed by atoms with E-state index in [2.05, 4.69) is 26.0 Å². The van der Waals surface area contributed by atoms with Gasteiger partial charge >= 0.3 is 0 Å². The van der Waals surface area contributed by atoms with E-state index in [0.29, 0.717) is 5.75 Å². The molecule has 0 spiro atoms. The molecule has 0 saturated carbocycles. The maximum Gasteiger partial charge on any atom is 0.119 e. The molecule has 1 nitrogen and oxygen atoms in total. The highest BCUT2D eigenvalue weighted by Gasteiger charge is 2.04. The van der Waals surface area contributed by atoms with E-state index < -0.39 is 0 Å². The molecule has 1 aromatic rings. The largest absolute Gasteiger partial charge is 0.508 e. The van der Waals surface area contributed by atoms with Crippen molar-refractivity contribution in [3.05, 3.63) is 29.3 Å². The Balaban J connectivity index is 2.14. The highest BCUT2D eigenvalue weighted by atomic mass is 32.2. The minimum atomic E-state index is 0.468. The van der Waals surface area contributed by atoms with Crippen LogP contribution in [0.1, 0.15) is 102 Å². The number of aromatic hydroxyl groups is 1. The van der Waals surface area contributed by atoms with E-state index in [1.54, 1.807) is 0 Å². The van der Waals surface area contributed by atoms with Crippen molar-refractivity contribution in [2.24, 2.45) is 0 Å². The summed E-state index contributed by atoms with van der Waals surface area (Å²) >= 11 is 4.01. The normalized spacial score (nSPS) is 11.2. The third-order valence-corrected chi connectivity index (χ3v) is 7.16. The first-order chi connectivity index (χ1) is 13.3. The molecule has 3 heteroatoms. The third kappa shape index (κ3) is 13.5. The van der Waals surface area contributed by atoms with Crippen LogP contribution in [0.25, 0.3) is 0 Å². The number of thioether (sulfide) groups is 2. The Morgan fingerprint density at radius 2 is 1.19 bits per heavy atom. The van der Waals surface area contributed by atoms with Crippen molar-refractivity contribution in [1.29, 1.82) is 0 Å². The van der Waals surface area contributed by atoms with Gasteiger partial charge in [0.2, 0.25) is 0 Å². The quantitative estimate of drug-likeness (QED) is 0.245. The summed E-state index contributed by atoms with van der Waals surface area (Å²) in [5.74, 6) is 4.95. The van der Waals surface area contributed by atoms with E-state index in [-0.39, 0.29) is 0 Å². The molecule has 1 rings (SSSR count). The molecule has 0 atom stereocenters. The molecule has 1 aromatic carbocycles. The number of hydrogen-bond donors (Lipinski definition) is 1. The van der Waals surface area contributed by atoms with Gasteiger partial charge in [-0.3, -0.25) is 0 Å². The number of hydrogen-bond acceptors (Lipinski definition) is 3. The van der Waals surface area contributed by atoms with Crippen molar-refractivity contribution < 1.29 is 5.11 Å². The summed E-state index contributed by atoms with van der Waals surface area (Å²) in [7, 11) is 0. The van der Waals surface area contributed by atoms with Crippen molar-refractivity contribution in [3.8, 4) is 5.75 Å². The van der Waals surface area contributed by atoms with Crippen molar-refractivity contribution in [3.63, 3.8) is 0 Å². The van der Waals surface area contributed by atoms with Gasteiger partial charge < -0.3 is 5.11 Å². The molecule has 0 aliphatic heterocycles. The van der Waals surface area contributed by atoms with Gasteiger partial charge in [0.25, 0.3) is 0 Å². The highest BCUT2D eigenvalue weighted by molar-refractivity contribution is 7.98. The highest BCUT2D eigenvalue weighted by Crippen LogP contribution is 2.26. The lowest BCUT2D eigenvalue weighted by atomic mass is 10.1. The topological polar surface area (TPSA) is 20.2 Å². The predicted molar refractivity (Wildman–Crippen MR) is 127 cm³/mol. The van der Waals surface area contributed by atoms with Crippen LogP contribution in [-0.4, -0.2) is 16.6 Å². The Labute approximate surface area is 177 Å². The molecule has 0 aliphatic rings. The zero-order valence-electron chi connectivity index (χ0n) is 17.8. The van der Waals surface area contributed by atoms with Gasteiger partial charge in [-0.2, -0.15) is 23.5 Å². The fraction of sp³-hybridized carbons (Fsp3) is 0.750. The second-order valence-electron chi connectivity index (χ2n) is 7.60. The van der Waals surface area contributed by atoms with Crippen LogP contribution in [0.5, 0.6) is 5.75 Å². The van der Waals surface area contributed by atoms with Crippen LogP contribution in [0.15, 0.2) is 18.2 Å². The van der Waals surface area contributed by atoms with Crippen LogP contribution in [0.2, 0.25) is 0 Å².